The largest absolute Gasteiger partial charge is 0.385 e. The predicted molar refractivity (Wildman–Crippen MR) is 63.4 cm³/mol. The lowest BCUT2D eigenvalue weighted by molar-refractivity contribution is 0.130. The fourth-order valence-electron chi connectivity index (χ4n) is 2.47. The van der Waals surface area contributed by atoms with Crippen LogP contribution in [0.1, 0.15) is 43.4 Å². The molecule has 88 valence electrons. The molecule has 5 heteroatoms. The average Bonchev–Trinajstić information content (AvgIpc) is 2.88. The first-order valence-electron chi connectivity index (χ1n) is 6.06. The number of thioether (sulfide) groups is 1. The van der Waals surface area contributed by atoms with E-state index in [2.05, 4.69) is 10.1 Å². The topological polar surface area (TPSA) is 50.9 Å². The minimum atomic E-state index is -0.397. The number of rotatable bonds is 2. The monoisotopic (exact) mass is 239 g/mol. The molecule has 1 fully saturated rings. The first kappa shape index (κ1) is 10.6. The van der Waals surface area contributed by atoms with Crippen LogP contribution in [-0.4, -0.2) is 30.9 Å². The summed E-state index contributed by atoms with van der Waals surface area (Å²) in [5, 5.41) is 15.0. The Hall–Kier alpha value is -0.550. The van der Waals surface area contributed by atoms with Crippen LogP contribution in [0.3, 0.4) is 0 Å². The minimum Gasteiger partial charge on any atom is -0.385 e. The smallest absolute Gasteiger partial charge is 0.156 e. The number of aliphatic hydroxyl groups excluding tert-OH is 1. The maximum absolute atomic E-state index is 9.81. The molecular formula is C11H17N3OS. The van der Waals surface area contributed by atoms with Crippen LogP contribution in [0.15, 0.2) is 0 Å². The van der Waals surface area contributed by atoms with Crippen molar-refractivity contribution < 1.29 is 5.11 Å². The molecule has 3 rings (SSSR count). The Morgan fingerprint density at radius 3 is 3.06 bits per heavy atom. The van der Waals surface area contributed by atoms with Crippen molar-refractivity contribution in [3.63, 3.8) is 0 Å². The van der Waals surface area contributed by atoms with E-state index in [4.69, 9.17) is 0 Å². The van der Waals surface area contributed by atoms with E-state index in [-0.39, 0.29) is 0 Å². The summed E-state index contributed by atoms with van der Waals surface area (Å²) in [5.41, 5.74) is 0. The number of fused-ring (bicyclic) bond motifs is 1. The van der Waals surface area contributed by atoms with Crippen molar-refractivity contribution in [2.75, 3.05) is 5.75 Å². The second-order valence-electron chi connectivity index (χ2n) is 4.61. The number of aliphatic hydroxyl groups is 1. The molecule has 0 radical (unpaired) electrons. The fraction of sp³-hybridized carbons (Fsp3) is 0.818. The lowest BCUT2D eigenvalue weighted by atomic mass is 10.1. The van der Waals surface area contributed by atoms with Crippen LogP contribution in [0, 0.1) is 0 Å². The van der Waals surface area contributed by atoms with Crippen LogP contribution in [0.2, 0.25) is 0 Å². The van der Waals surface area contributed by atoms with Gasteiger partial charge in [-0.15, -0.1) is 0 Å². The Morgan fingerprint density at radius 2 is 2.31 bits per heavy atom. The van der Waals surface area contributed by atoms with Gasteiger partial charge in [0.05, 0.1) is 0 Å². The average molecular weight is 239 g/mol. The SMILES string of the molecule is OC1CCCn2nc(CC3CCCS3)nc21. The molecule has 1 N–H and O–H groups in total. The highest BCUT2D eigenvalue weighted by atomic mass is 32.2. The number of hydrogen-bond donors (Lipinski definition) is 1. The highest BCUT2D eigenvalue weighted by Crippen LogP contribution is 2.29. The maximum atomic E-state index is 9.81. The van der Waals surface area contributed by atoms with Gasteiger partial charge in [-0.3, -0.25) is 0 Å². The molecule has 0 saturated carbocycles. The van der Waals surface area contributed by atoms with Crippen molar-refractivity contribution in [2.45, 2.75) is 50.0 Å². The van der Waals surface area contributed by atoms with Gasteiger partial charge in [-0.05, 0) is 31.4 Å². The van der Waals surface area contributed by atoms with Gasteiger partial charge in [0.2, 0.25) is 0 Å². The summed E-state index contributed by atoms with van der Waals surface area (Å²) < 4.78 is 1.89. The Labute approximate surface area is 99.4 Å². The third kappa shape index (κ3) is 1.98. The Kier molecular flexibility index (Phi) is 2.90. The van der Waals surface area contributed by atoms with Crippen molar-refractivity contribution in [3.05, 3.63) is 11.6 Å². The van der Waals surface area contributed by atoms with Crippen LogP contribution in [-0.2, 0) is 13.0 Å². The zero-order valence-corrected chi connectivity index (χ0v) is 10.1. The molecule has 2 atom stereocenters. The van der Waals surface area contributed by atoms with E-state index in [1.54, 1.807) is 0 Å². The second kappa shape index (κ2) is 4.37. The van der Waals surface area contributed by atoms with Gasteiger partial charge in [-0.25, -0.2) is 9.67 Å². The Bertz CT molecular complexity index is 373. The summed E-state index contributed by atoms with van der Waals surface area (Å²) in [6.07, 6.45) is 5.03. The lowest BCUT2D eigenvalue weighted by Gasteiger charge is -2.16. The van der Waals surface area contributed by atoms with E-state index >= 15 is 0 Å². The van der Waals surface area contributed by atoms with Gasteiger partial charge >= 0.3 is 0 Å². The van der Waals surface area contributed by atoms with E-state index in [0.717, 1.165) is 37.5 Å². The van der Waals surface area contributed by atoms with E-state index < -0.39 is 6.10 Å². The molecular weight excluding hydrogens is 222 g/mol. The lowest BCUT2D eigenvalue weighted by Crippen LogP contribution is -2.16. The summed E-state index contributed by atoms with van der Waals surface area (Å²) in [6.45, 7) is 0.914. The third-order valence-electron chi connectivity index (χ3n) is 3.32. The maximum Gasteiger partial charge on any atom is 0.156 e. The minimum absolute atomic E-state index is 0.397. The molecule has 3 heterocycles. The van der Waals surface area contributed by atoms with Crippen molar-refractivity contribution >= 4 is 11.8 Å². The van der Waals surface area contributed by atoms with Gasteiger partial charge in [0.1, 0.15) is 6.10 Å². The zero-order valence-electron chi connectivity index (χ0n) is 9.30. The Morgan fingerprint density at radius 1 is 1.38 bits per heavy atom. The summed E-state index contributed by atoms with van der Waals surface area (Å²) in [5.74, 6) is 2.99. The summed E-state index contributed by atoms with van der Waals surface area (Å²) in [6, 6.07) is 0. The molecule has 1 aromatic heterocycles. The van der Waals surface area contributed by atoms with Gasteiger partial charge in [-0.2, -0.15) is 16.9 Å². The van der Waals surface area contributed by atoms with Crippen LogP contribution < -0.4 is 0 Å². The second-order valence-corrected chi connectivity index (χ2v) is 6.01. The standard InChI is InChI=1S/C11H17N3OS/c15-9-4-1-5-14-11(9)12-10(13-14)7-8-3-2-6-16-8/h8-9,15H,1-7H2. The quantitative estimate of drug-likeness (QED) is 0.850. The number of nitrogens with zero attached hydrogens (tertiary/aromatic N) is 3. The molecule has 4 nitrogen and oxygen atoms in total. The van der Waals surface area contributed by atoms with Gasteiger partial charge in [0.15, 0.2) is 11.6 Å². The first-order valence-corrected chi connectivity index (χ1v) is 7.11. The van der Waals surface area contributed by atoms with Crippen LogP contribution in [0.25, 0.3) is 0 Å². The van der Waals surface area contributed by atoms with Crippen molar-refractivity contribution in [1.82, 2.24) is 14.8 Å². The molecule has 0 aliphatic carbocycles. The molecule has 2 unspecified atom stereocenters. The van der Waals surface area contributed by atoms with Crippen molar-refractivity contribution in [1.29, 1.82) is 0 Å². The van der Waals surface area contributed by atoms with Gasteiger partial charge in [0, 0.05) is 18.2 Å². The molecule has 1 saturated heterocycles. The molecule has 0 amide bonds. The molecule has 0 aromatic carbocycles. The number of hydrogen-bond acceptors (Lipinski definition) is 4. The van der Waals surface area contributed by atoms with Crippen LogP contribution in [0.4, 0.5) is 0 Å². The number of aromatic nitrogens is 3. The van der Waals surface area contributed by atoms with Crippen LogP contribution in [0.5, 0.6) is 0 Å². The molecule has 2 aliphatic rings. The van der Waals surface area contributed by atoms with Crippen LogP contribution >= 0.6 is 11.8 Å². The summed E-state index contributed by atoms with van der Waals surface area (Å²) in [4.78, 5) is 4.48. The van der Waals surface area contributed by atoms with Gasteiger partial charge in [0.25, 0.3) is 0 Å². The fourth-order valence-corrected chi connectivity index (χ4v) is 3.74. The van der Waals surface area contributed by atoms with Gasteiger partial charge in [-0.1, -0.05) is 0 Å². The van der Waals surface area contributed by atoms with E-state index in [1.807, 2.05) is 16.4 Å². The molecule has 1 aromatic rings. The zero-order chi connectivity index (χ0) is 11.0. The predicted octanol–water partition coefficient (Wildman–Crippen LogP) is 1.54. The van der Waals surface area contributed by atoms with Crippen molar-refractivity contribution in [3.8, 4) is 0 Å². The van der Waals surface area contributed by atoms with E-state index in [1.165, 1.54) is 18.6 Å². The van der Waals surface area contributed by atoms with Gasteiger partial charge < -0.3 is 5.11 Å². The Balaban J connectivity index is 1.75. The molecule has 2 aliphatic heterocycles. The molecule has 0 bridgehead atoms. The highest BCUT2D eigenvalue weighted by Gasteiger charge is 2.24. The first-order chi connectivity index (χ1) is 7.83. The van der Waals surface area contributed by atoms with E-state index in [9.17, 15) is 5.11 Å². The summed E-state index contributed by atoms with van der Waals surface area (Å²) >= 11 is 2.03. The van der Waals surface area contributed by atoms with Crippen molar-refractivity contribution in [2.24, 2.45) is 0 Å². The third-order valence-corrected chi connectivity index (χ3v) is 4.72. The van der Waals surface area contributed by atoms with E-state index in [0.29, 0.717) is 5.25 Å². The molecule has 16 heavy (non-hydrogen) atoms. The normalized spacial score (nSPS) is 29.3. The molecule has 0 spiro atoms. The number of aryl methyl sites for hydroxylation is 1. The summed E-state index contributed by atoms with van der Waals surface area (Å²) in [7, 11) is 0. The highest BCUT2D eigenvalue weighted by molar-refractivity contribution is 8.00.